The lowest BCUT2D eigenvalue weighted by Crippen LogP contribution is -2.36. The summed E-state index contributed by atoms with van der Waals surface area (Å²) in [6, 6.07) is 8.99. The minimum atomic E-state index is -0.0568. The Morgan fingerprint density at radius 2 is 2.19 bits per heavy atom. The summed E-state index contributed by atoms with van der Waals surface area (Å²) in [6.07, 6.45) is 5.34. The number of rotatable bonds is 5. The average molecular weight is 289 g/mol. The first-order valence-electron chi connectivity index (χ1n) is 8.14. The van der Waals surface area contributed by atoms with Crippen LogP contribution in [-0.4, -0.2) is 30.1 Å². The standard InChI is InChI=1S/C18H27NO2/c1-3-21-18(20)13-17-10-5-4-6-11-19(17)14-16-9-7-8-15(2)12-16/h7-9,12,17H,3-6,10-11,13-14H2,1-2H3. The van der Waals surface area contributed by atoms with Crippen LogP contribution in [0, 0.1) is 6.92 Å². The molecule has 1 aliphatic rings. The number of nitrogens with zero attached hydrogens (tertiary/aromatic N) is 1. The Labute approximate surface area is 128 Å². The monoisotopic (exact) mass is 289 g/mol. The van der Waals surface area contributed by atoms with Crippen LogP contribution in [0.3, 0.4) is 0 Å². The van der Waals surface area contributed by atoms with Gasteiger partial charge < -0.3 is 4.74 Å². The molecule has 0 N–H and O–H groups in total. The predicted molar refractivity (Wildman–Crippen MR) is 85.1 cm³/mol. The van der Waals surface area contributed by atoms with Gasteiger partial charge in [-0.2, -0.15) is 0 Å². The number of aryl methyl sites for hydroxylation is 1. The Bertz CT molecular complexity index is 458. The van der Waals surface area contributed by atoms with Gasteiger partial charge in [0.25, 0.3) is 0 Å². The molecule has 0 aliphatic carbocycles. The third kappa shape index (κ3) is 5.16. The first kappa shape index (κ1) is 16.0. The number of benzene rings is 1. The molecule has 1 saturated heterocycles. The Morgan fingerprint density at radius 1 is 1.33 bits per heavy atom. The lowest BCUT2D eigenvalue weighted by molar-refractivity contribution is -0.144. The van der Waals surface area contributed by atoms with Crippen molar-refractivity contribution in [3.8, 4) is 0 Å². The van der Waals surface area contributed by atoms with Gasteiger partial charge in [-0.3, -0.25) is 9.69 Å². The van der Waals surface area contributed by atoms with E-state index in [-0.39, 0.29) is 5.97 Å². The number of hydrogen-bond donors (Lipinski definition) is 0. The molecular weight excluding hydrogens is 262 g/mol. The van der Waals surface area contributed by atoms with E-state index in [0.717, 1.165) is 19.5 Å². The fourth-order valence-corrected chi connectivity index (χ4v) is 3.13. The van der Waals surface area contributed by atoms with Crippen molar-refractivity contribution in [3.63, 3.8) is 0 Å². The van der Waals surface area contributed by atoms with Gasteiger partial charge in [-0.25, -0.2) is 0 Å². The van der Waals surface area contributed by atoms with Gasteiger partial charge in [0.15, 0.2) is 0 Å². The molecule has 1 aromatic rings. The van der Waals surface area contributed by atoms with Crippen LogP contribution in [0.15, 0.2) is 24.3 Å². The highest BCUT2D eigenvalue weighted by Crippen LogP contribution is 2.22. The summed E-state index contributed by atoms with van der Waals surface area (Å²) in [6.45, 7) is 6.49. The van der Waals surface area contributed by atoms with E-state index in [1.165, 1.54) is 30.4 Å². The fourth-order valence-electron chi connectivity index (χ4n) is 3.13. The zero-order valence-corrected chi connectivity index (χ0v) is 13.3. The van der Waals surface area contributed by atoms with Crippen molar-refractivity contribution in [2.24, 2.45) is 0 Å². The van der Waals surface area contributed by atoms with Crippen molar-refractivity contribution >= 4 is 5.97 Å². The average Bonchev–Trinajstić information content (AvgIpc) is 2.65. The summed E-state index contributed by atoms with van der Waals surface area (Å²) >= 11 is 0. The smallest absolute Gasteiger partial charge is 0.307 e. The Kier molecular flexibility index (Phi) is 6.24. The molecule has 0 amide bonds. The van der Waals surface area contributed by atoms with E-state index in [2.05, 4.69) is 36.1 Å². The lowest BCUT2D eigenvalue weighted by Gasteiger charge is -2.29. The largest absolute Gasteiger partial charge is 0.466 e. The minimum Gasteiger partial charge on any atom is -0.466 e. The topological polar surface area (TPSA) is 29.5 Å². The number of likely N-dealkylation sites (tertiary alicyclic amines) is 1. The second-order valence-corrected chi connectivity index (χ2v) is 5.97. The molecule has 2 rings (SSSR count). The summed E-state index contributed by atoms with van der Waals surface area (Å²) in [5.74, 6) is -0.0568. The Balaban J connectivity index is 2.03. The van der Waals surface area contributed by atoms with Gasteiger partial charge in [-0.05, 0) is 38.8 Å². The van der Waals surface area contributed by atoms with Crippen LogP contribution < -0.4 is 0 Å². The van der Waals surface area contributed by atoms with E-state index in [1.807, 2.05) is 6.92 Å². The van der Waals surface area contributed by atoms with E-state index >= 15 is 0 Å². The van der Waals surface area contributed by atoms with Gasteiger partial charge in [0.05, 0.1) is 13.0 Å². The normalized spacial score (nSPS) is 20.0. The molecular formula is C18H27NO2. The first-order chi connectivity index (χ1) is 10.2. The molecule has 21 heavy (non-hydrogen) atoms. The second-order valence-electron chi connectivity index (χ2n) is 5.97. The second kappa shape index (κ2) is 8.18. The number of ether oxygens (including phenoxy) is 1. The minimum absolute atomic E-state index is 0.0568. The van der Waals surface area contributed by atoms with Crippen LogP contribution in [0.1, 0.15) is 50.2 Å². The van der Waals surface area contributed by atoms with E-state index in [9.17, 15) is 4.79 Å². The van der Waals surface area contributed by atoms with Crippen molar-refractivity contribution < 1.29 is 9.53 Å². The maximum Gasteiger partial charge on any atom is 0.307 e. The summed E-state index contributed by atoms with van der Waals surface area (Å²) in [5.41, 5.74) is 2.63. The van der Waals surface area contributed by atoms with Gasteiger partial charge in [0.1, 0.15) is 0 Å². The SMILES string of the molecule is CCOC(=O)CC1CCCCCN1Cc1cccc(C)c1. The van der Waals surface area contributed by atoms with Gasteiger partial charge >= 0.3 is 5.97 Å². The molecule has 0 spiro atoms. The number of carbonyl (C=O) groups excluding carboxylic acids is 1. The molecule has 1 fully saturated rings. The summed E-state index contributed by atoms with van der Waals surface area (Å²) < 4.78 is 5.14. The Morgan fingerprint density at radius 3 is 2.95 bits per heavy atom. The van der Waals surface area contributed by atoms with Crippen molar-refractivity contribution in [2.45, 2.75) is 58.5 Å². The summed E-state index contributed by atoms with van der Waals surface area (Å²) in [5, 5.41) is 0. The molecule has 1 aromatic carbocycles. The molecule has 0 bridgehead atoms. The van der Waals surface area contributed by atoms with Crippen LogP contribution in [0.25, 0.3) is 0 Å². The highest BCUT2D eigenvalue weighted by atomic mass is 16.5. The molecule has 1 unspecified atom stereocenters. The van der Waals surface area contributed by atoms with E-state index in [0.29, 0.717) is 19.1 Å². The molecule has 1 atom stereocenters. The van der Waals surface area contributed by atoms with Crippen LogP contribution in [0.2, 0.25) is 0 Å². The van der Waals surface area contributed by atoms with Gasteiger partial charge in [-0.1, -0.05) is 42.7 Å². The quantitative estimate of drug-likeness (QED) is 0.774. The highest BCUT2D eigenvalue weighted by molar-refractivity contribution is 5.70. The van der Waals surface area contributed by atoms with Crippen molar-refractivity contribution in [2.75, 3.05) is 13.2 Å². The molecule has 116 valence electrons. The molecule has 3 heteroatoms. The number of carbonyl (C=O) groups is 1. The van der Waals surface area contributed by atoms with Crippen molar-refractivity contribution in [1.82, 2.24) is 4.90 Å². The van der Waals surface area contributed by atoms with Crippen LogP contribution >= 0.6 is 0 Å². The molecule has 0 saturated carbocycles. The lowest BCUT2D eigenvalue weighted by atomic mass is 10.1. The van der Waals surface area contributed by atoms with Crippen LogP contribution in [0.4, 0.5) is 0 Å². The molecule has 1 heterocycles. The van der Waals surface area contributed by atoms with E-state index in [1.54, 1.807) is 0 Å². The summed E-state index contributed by atoms with van der Waals surface area (Å²) in [4.78, 5) is 14.3. The zero-order chi connectivity index (χ0) is 15.1. The van der Waals surface area contributed by atoms with Crippen LogP contribution in [-0.2, 0) is 16.1 Å². The third-order valence-electron chi connectivity index (χ3n) is 4.17. The van der Waals surface area contributed by atoms with E-state index in [4.69, 9.17) is 4.74 Å². The molecule has 0 radical (unpaired) electrons. The maximum absolute atomic E-state index is 11.8. The molecule has 1 aliphatic heterocycles. The van der Waals surface area contributed by atoms with Crippen molar-refractivity contribution in [1.29, 1.82) is 0 Å². The predicted octanol–water partition coefficient (Wildman–Crippen LogP) is 3.69. The van der Waals surface area contributed by atoms with Crippen molar-refractivity contribution in [3.05, 3.63) is 35.4 Å². The number of hydrogen-bond acceptors (Lipinski definition) is 3. The summed E-state index contributed by atoms with van der Waals surface area (Å²) in [7, 11) is 0. The van der Waals surface area contributed by atoms with Crippen LogP contribution in [0.5, 0.6) is 0 Å². The van der Waals surface area contributed by atoms with Gasteiger partial charge in [0, 0.05) is 12.6 Å². The maximum atomic E-state index is 11.8. The fraction of sp³-hybridized carbons (Fsp3) is 0.611. The number of esters is 1. The zero-order valence-electron chi connectivity index (χ0n) is 13.3. The Hall–Kier alpha value is -1.35. The molecule has 3 nitrogen and oxygen atoms in total. The van der Waals surface area contributed by atoms with Gasteiger partial charge in [-0.15, -0.1) is 0 Å². The third-order valence-corrected chi connectivity index (χ3v) is 4.17. The molecule has 0 aromatic heterocycles. The highest BCUT2D eigenvalue weighted by Gasteiger charge is 2.24. The van der Waals surface area contributed by atoms with Gasteiger partial charge in [0.2, 0.25) is 0 Å². The van der Waals surface area contributed by atoms with E-state index < -0.39 is 0 Å². The first-order valence-corrected chi connectivity index (χ1v) is 8.14.